The number of anilines is 2. The number of aliphatic hydroxyl groups excluding tert-OH is 1. The van der Waals surface area contributed by atoms with Crippen molar-refractivity contribution in [2.75, 3.05) is 44.4 Å². The van der Waals surface area contributed by atoms with E-state index in [1.54, 1.807) is 23.9 Å². The Labute approximate surface area is 232 Å². The first kappa shape index (κ1) is 30.2. The van der Waals surface area contributed by atoms with E-state index in [0.29, 0.717) is 43.0 Å². The van der Waals surface area contributed by atoms with E-state index < -0.39 is 0 Å². The molecule has 2 aromatic rings. The summed E-state index contributed by atoms with van der Waals surface area (Å²) in [5.74, 6) is -0.119. The topological polar surface area (TPSA) is 112 Å². The monoisotopic (exact) mass is 538 g/mol. The number of aromatic nitrogens is 3. The van der Waals surface area contributed by atoms with Crippen LogP contribution in [0.2, 0.25) is 0 Å². The van der Waals surface area contributed by atoms with Crippen LogP contribution in [-0.2, 0) is 16.1 Å². The number of carbonyl (C=O) groups is 2. The van der Waals surface area contributed by atoms with Crippen molar-refractivity contribution in [3.8, 4) is 0 Å². The number of nitrogens with zero attached hydrogens (tertiary/aromatic N) is 5. The Balaban J connectivity index is 0.000000223. The van der Waals surface area contributed by atoms with Crippen molar-refractivity contribution in [1.29, 1.82) is 0 Å². The quantitative estimate of drug-likeness (QED) is 0.444. The number of allylic oxidation sites excluding steroid dienone is 2. The maximum absolute atomic E-state index is 12.1. The minimum Gasteiger partial charge on any atom is -0.394 e. The van der Waals surface area contributed by atoms with Crippen molar-refractivity contribution in [3.05, 3.63) is 54.3 Å². The van der Waals surface area contributed by atoms with Crippen molar-refractivity contribution >= 4 is 28.8 Å². The summed E-state index contributed by atoms with van der Waals surface area (Å²) in [6.45, 7) is 10.0. The zero-order chi connectivity index (χ0) is 28.6. The number of rotatable bonds is 8. The van der Waals surface area contributed by atoms with Gasteiger partial charge < -0.3 is 15.7 Å². The van der Waals surface area contributed by atoms with E-state index in [2.05, 4.69) is 71.9 Å². The van der Waals surface area contributed by atoms with Crippen LogP contribution in [0.3, 0.4) is 0 Å². The molecule has 1 saturated heterocycles. The zero-order valence-corrected chi connectivity index (χ0v) is 24.1. The molecule has 2 aliphatic rings. The molecule has 0 spiro atoms. The highest BCUT2D eigenvalue weighted by molar-refractivity contribution is 5.95. The molecular formula is C29H44N7O3+. The van der Waals surface area contributed by atoms with Gasteiger partial charge in [0.1, 0.15) is 6.04 Å². The molecule has 4 rings (SSSR count). The van der Waals surface area contributed by atoms with Gasteiger partial charge in [0.2, 0.25) is 11.8 Å². The molecule has 2 aliphatic heterocycles. The Morgan fingerprint density at radius 2 is 1.95 bits per heavy atom. The van der Waals surface area contributed by atoms with E-state index in [4.69, 9.17) is 5.11 Å². The lowest BCUT2D eigenvalue weighted by Gasteiger charge is -2.33. The highest BCUT2D eigenvalue weighted by Gasteiger charge is 2.24. The van der Waals surface area contributed by atoms with Crippen molar-refractivity contribution in [2.45, 2.75) is 65.6 Å². The van der Waals surface area contributed by atoms with Crippen LogP contribution in [0.25, 0.3) is 5.57 Å². The number of pyridine rings is 1. The standard InChI is InChI=1S/C16H24N4O2.C13H20N3O/c1-4-15(21)19-14-8-13(9-17-12(14)3)18-16(22)10-20-7-5-6-11(20)2;1-11-8-12(4-6-16(11,2)3)13-9-14-15(10-13)5-7-17/h8-9,11H,4-7,10H2,1-3H3,(H,18,22)(H,19,21);4,6,8-11,17H,5,7H2,1-3H3/q;+1. The minimum absolute atomic E-state index is 0.0489. The molecular weight excluding hydrogens is 494 g/mol. The summed E-state index contributed by atoms with van der Waals surface area (Å²) in [7, 11) is 4.37. The largest absolute Gasteiger partial charge is 0.394 e. The molecule has 0 bridgehead atoms. The third kappa shape index (κ3) is 8.58. The summed E-state index contributed by atoms with van der Waals surface area (Å²) < 4.78 is 2.64. The Morgan fingerprint density at radius 3 is 2.59 bits per heavy atom. The molecule has 3 N–H and O–H groups in total. The average Bonchev–Trinajstić information content (AvgIpc) is 3.52. The maximum atomic E-state index is 12.1. The molecule has 1 fully saturated rings. The van der Waals surface area contributed by atoms with Crippen LogP contribution in [0.15, 0.2) is 43.0 Å². The number of quaternary nitrogens is 1. The molecule has 10 heteroatoms. The van der Waals surface area contributed by atoms with Crippen LogP contribution in [-0.4, -0.2) is 86.9 Å². The second-order valence-corrected chi connectivity index (χ2v) is 10.8. The molecule has 4 heterocycles. The second kappa shape index (κ2) is 13.6. The lowest BCUT2D eigenvalue weighted by atomic mass is 10.0. The summed E-state index contributed by atoms with van der Waals surface area (Å²) >= 11 is 0. The summed E-state index contributed by atoms with van der Waals surface area (Å²) in [5, 5.41) is 18.7. The van der Waals surface area contributed by atoms with Crippen molar-refractivity contribution < 1.29 is 19.2 Å². The van der Waals surface area contributed by atoms with Crippen LogP contribution in [0.5, 0.6) is 0 Å². The Hall–Kier alpha value is -3.34. The number of aliphatic hydroxyl groups is 1. The van der Waals surface area contributed by atoms with Gasteiger partial charge in [-0.3, -0.25) is 28.6 Å². The number of likely N-dealkylation sites (N-methyl/N-ethyl adjacent to an activating group) is 1. The van der Waals surface area contributed by atoms with Gasteiger partial charge in [-0.1, -0.05) is 6.92 Å². The van der Waals surface area contributed by atoms with Gasteiger partial charge in [0.05, 0.1) is 69.5 Å². The van der Waals surface area contributed by atoms with Crippen LogP contribution < -0.4 is 10.6 Å². The number of amides is 2. The second-order valence-electron chi connectivity index (χ2n) is 10.8. The fourth-order valence-electron chi connectivity index (χ4n) is 4.42. The summed E-state index contributed by atoms with van der Waals surface area (Å²) in [5.41, 5.74) is 4.29. The number of carbonyl (C=O) groups excluding carboxylic acids is 2. The van der Waals surface area contributed by atoms with Crippen molar-refractivity contribution in [3.63, 3.8) is 0 Å². The van der Waals surface area contributed by atoms with Crippen LogP contribution in [0.4, 0.5) is 11.4 Å². The summed E-state index contributed by atoms with van der Waals surface area (Å²) in [4.78, 5) is 30.0. The lowest BCUT2D eigenvalue weighted by Crippen LogP contribution is -2.42. The maximum Gasteiger partial charge on any atom is 0.238 e. The Kier molecular flexibility index (Phi) is 10.6. The molecule has 2 atom stereocenters. The Morgan fingerprint density at radius 1 is 1.18 bits per heavy atom. The summed E-state index contributed by atoms with van der Waals surface area (Å²) in [6, 6.07) is 2.67. The van der Waals surface area contributed by atoms with E-state index in [-0.39, 0.29) is 18.4 Å². The highest BCUT2D eigenvalue weighted by Crippen LogP contribution is 2.25. The molecule has 0 saturated carbocycles. The lowest BCUT2D eigenvalue weighted by molar-refractivity contribution is -0.856. The van der Waals surface area contributed by atoms with Crippen LogP contribution >= 0.6 is 0 Å². The SMILES string of the molecule is CC1C=C(c2cnn(CCO)c2)C=C[N+]1(C)C.CCC(=O)Nc1cc(NC(=O)CN2CCCC2C)cnc1C. The average molecular weight is 539 g/mol. The zero-order valence-electron chi connectivity index (χ0n) is 24.1. The van der Waals surface area contributed by atoms with E-state index >= 15 is 0 Å². The van der Waals surface area contributed by atoms with Gasteiger partial charge in [0.25, 0.3) is 0 Å². The number of hydrogen-bond acceptors (Lipinski definition) is 6. The first-order valence-electron chi connectivity index (χ1n) is 13.7. The van der Waals surface area contributed by atoms with Gasteiger partial charge in [0, 0.05) is 24.2 Å². The normalized spacial score (nSPS) is 20.1. The molecule has 39 heavy (non-hydrogen) atoms. The molecule has 0 aromatic carbocycles. The number of nitrogens with one attached hydrogen (secondary N) is 2. The number of aryl methyl sites for hydroxylation is 1. The first-order valence-corrected chi connectivity index (χ1v) is 13.7. The Bertz CT molecular complexity index is 1200. The number of hydrogen-bond donors (Lipinski definition) is 3. The predicted octanol–water partition coefficient (Wildman–Crippen LogP) is 3.41. The third-order valence-electron chi connectivity index (χ3n) is 7.41. The van der Waals surface area contributed by atoms with Gasteiger partial charge in [-0.15, -0.1) is 0 Å². The van der Waals surface area contributed by atoms with Crippen molar-refractivity contribution in [1.82, 2.24) is 19.7 Å². The third-order valence-corrected chi connectivity index (χ3v) is 7.41. The van der Waals surface area contributed by atoms with E-state index in [0.717, 1.165) is 35.1 Å². The fraction of sp³-hybridized carbons (Fsp3) is 0.517. The minimum atomic E-state index is -0.0701. The number of likely N-dealkylation sites (tertiary alicyclic amines) is 1. The highest BCUT2D eigenvalue weighted by atomic mass is 16.3. The molecule has 2 aromatic heterocycles. The van der Waals surface area contributed by atoms with Gasteiger partial charge in [-0.05, 0) is 63.9 Å². The molecule has 0 aliphatic carbocycles. The van der Waals surface area contributed by atoms with Gasteiger partial charge in [0.15, 0.2) is 0 Å². The first-order chi connectivity index (χ1) is 18.5. The molecule has 0 radical (unpaired) electrons. The molecule has 212 valence electrons. The van der Waals surface area contributed by atoms with Gasteiger partial charge >= 0.3 is 0 Å². The van der Waals surface area contributed by atoms with Crippen LogP contribution in [0, 0.1) is 6.92 Å². The molecule has 2 unspecified atom stereocenters. The smallest absolute Gasteiger partial charge is 0.238 e. The van der Waals surface area contributed by atoms with Gasteiger partial charge in [-0.25, -0.2) is 0 Å². The van der Waals surface area contributed by atoms with Crippen LogP contribution in [0.1, 0.15) is 51.3 Å². The van der Waals surface area contributed by atoms with Crippen molar-refractivity contribution in [2.24, 2.45) is 0 Å². The molecule has 2 amide bonds. The van der Waals surface area contributed by atoms with E-state index in [1.165, 1.54) is 5.57 Å². The van der Waals surface area contributed by atoms with E-state index in [9.17, 15) is 9.59 Å². The van der Waals surface area contributed by atoms with Gasteiger partial charge in [-0.2, -0.15) is 5.10 Å². The summed E-state index contributed by atoms with van der Waals surface area (Å²) in [6.07, 6.45) is 14.7. The molecule has 10 nitrogen and oxygen atoms in total. The predicted molar refractivity (Wildman–Crippen MR) is 155 cm³/mol. The fourth-order valence-corrected chi connectivity index (χ4v) is 4.42. The van der Waals surface area contributed by atoms with E-state index in [1.807, 2.05) is 19.3 Å².